The van der Waals surface area contributed by atoms with Crippen molar-refractivity contribution in [2.24, 2.45) is 0 Å². The summed E-state index contributed by atoms with van der Waals surface area (Å²) in [5.41, 5.74) is -1.40. The quantitative estimate of drug-likeness (QED) is 0.900. The van der Waals surface area contributed by atoms with Gasteiger partial charge in [-0.2, -0.15) is 13.2 Å². The van der Waals surface area contributed by atoms with E-state index in [9.17, 15) is 18.0 Å². The molecule has 0 amide bonds. The number of hydrogen-bond acceptors (Lipinski definition) is 2. The molecule has 18 heavy (non-hydrogen) atoms. The standard InChI is InChI=1S/C11H9F3N2O2/c1-2-7-8(10(17)18)16-5-3-4-6(9(16)15-7)11(12,13)14/h3-5H,2H2,1H3,(H,17,18). The van der Waals surface area contributed by atoms with Gasteiger partial charge in [-0.3, -0.25) is 4.40 Å². The lowest BCUT2D eigenvalue weighted by atomic mass is 10.2. The number of fused-ring (bicyclic) bond motifs is 1. The molecule has 0 aliphatic rings. The molecule has 96 valence electrons. The number of aromatic nitrogens is 2. The van der Waals surface area contributed by atoms with Gasteiger partial charge in [0.25, 0.3) is 0 Å². The molecule has 4 nitrogen and oxygen atoms in total. The summed E-state index contributed by atoms with van der Waals surface area (Å²) in [7, 11) is 0. The third kappa shape index (κ3) is 1.81. The molecule has 0 bridgehead atoms. The van der Waals surface area contributed by atoms with E-state index < -0.39 is 17.7 Å². The van der Waals surface area contributed by atoms with Gasteiger partial charge in [0.2, 0.25) is 0 Å². The van der Waals surface area contributed by atoms with E-state index in [-0.39, 0.29) is 23.5 Å². The minimum Gasteiger partial charge on any atom is -0.477 e. The summed E-state index contributed by atoms with van der Waals surface area (Å²) in [4.78, 5) is 14.9. The van der Waals surface area contributed by atoms with Crippen molar-refractivity contribution in [1.82, 2.24) is 9.38 Å². The zero-order valence-electron chi connectivity index (χ0n) is 9.32. The van der Waals surface area contributed by atoms with Crippen LogP contribution in [-0.2, 0) is 12.6 Å². The van der Waals surface area contributed by atoms with Gasteiger partial charge < -0.3 is 5.11 Å². The molecular weight excluding hydrogens is 249 g/mol. The fourth-order valence-corrected chi connectivity index (χ4v) is 1.81. The van der Waals surface area contributed by atoms with E-state index in [1.807, 2.05) is 0 Å². The van der Waals surface area contributed by atoms with Crippen molar-refractivity contribution in [2.45, 2.75) is 19.5 Å². The van der Waals surface area contributed by atoms with Crippen LogP contribution in [0.1, 0.15) is 28.7 Å². The molecular formula is C11H9F3N2O2. The Kier molecular flexibility index (Phi) is 2.76. The molecule has 2 aromatic rings. The number of aromatic carboxylic acids is 1. The molecule has 0 radical (unpaired) electrons. The van der Waals surface area contributed by atoms with Gasteiger partial charge in [0.15, 0.2) is 5.69 Å². The average Bonchev–Trinajstić information content (AvgIpc) is 2.65. The molecule has 2 aromatic heterocycles. The Morgan fingerprint density at radius 3 is 2.67 bits per heavy atom. The highest BCUT2D eigenvalue weighted by atomic mass is 19.4. The second-order valence-electron chi connectivity index (χ2n) is 3.68. The second-order valence-corrected chi connectivity index (χ2v) is 3.68. The zero-order chi connectivity index (χ0) is 13.5. The number of carbonyl (C=O) groups is 1. The van der Waals surface area contributed by atoms with Gasteiger partial charge in [-0.05, 0) is 18.6 Å². The van der Waals surface area contributed by atoms with Crippen molar-refractivity contribution in [3.05, 3.63) is 35.3 Å². The van der Waals surface area contributed by atoms with Crippen LogP contribution in [0.4, 0.5) is 13.2 Å². The predicted octanol–water partition coefficient (Wildman–Crippen LogP) is 2.61. The number of halogens is 3. The van der Waals surface area contributed by atoms with E-state index >= 15 is 0 Å². The number of nitrogens with zero attached hydrogens (tertiary/aromatic N) is 2. The summed E-state index contributed by atoms with van der Waals surface area (Å²) in [5, 5.41) is 9.04. The normalized spacial score (nSPS) is 12.0. The first-order valence-corrected chi connectivity index (χ1v) is 5.16. The largest absolute Gasteiger partial charge is 0.477 e. The number of rotatable bonds is 2. The van der Waals surface area contributed by atoms with Crippen LogP contribution in [0.3, 0.4) is 0 Å². The number of hydrogen-bond donors (Lipinski definition) is 1. The molecule has 0 saturated heterocycles. The predicted molar refractivity (Wildman–Crippen MR) is 56.5 cm³/mol. The maximum atomic E-state index is 12.8. The minimum absolute atomic E-state index is 0.138. The Bertz CT molecular complexity index is 617. The third-order valence-electron chi connectivity index (χ3n) is 2.57. The minimum atomic E-state index is -4.56. The Morgan fingerprint density at radius 1 is 1.50 bits per heavy atom. The van der Waals surface area contributed by atoms with E-state index in [0.717, 1.165) is 16.5 Å². The Balaban J connectivity index is 2.85. The van der Waals surface area contributed by atoms with Crippen molar-refractivity contribution >= 4 is 11.6 Å². The summed E-state index contributed by atoms with van der Waals surface area (Å²) in [6.07, 6.45) is -3.05. The first-order chi connectivity index (χ1) is 8.36. The number of carboxylic acid groups (broad SMARTS) is 1. The lowest BCUT2D eigenvalue weighted by molar-refractivity contribution is -0.136. The van der Waals surface area contributed by atoms with Crippen molar-refractivity contribution < 1.29 is 23.1 Å². The molecule has 0 saturated carbocycles. The molecule has 0 atom stereocenters. The van der Waals surface area contributed by atoms with Crippen LogP contribution >= 0.6 is 0 Å². The molecule has 0 unspecified atom stereocenters. The van der Waals surface area contributed by atoms with E-state index in [4.69, 9.17) is 5.11 Å². The number of carboxylic acids is 1. The van der Waals surface area contributed by atoms with Gasteiger partial charge >= 0.3 is 12.1 Å². The van der Waals surface area contributed by atoms with Crippen LogP contribution in [0, 0.1) is 0 Å². The van der Waals surface area contributed by atoms with Crippen LogP contribution in [0.2, 0.25) is 0 Å². The molecule has 0 fully saturated rings. The fourth-order valence-electron chi connectivity index (χ4n) is 1.81. The third-order valence-corrected chi connectivity index (χ3v) is 2.57. The van der Waals surface area contributed by atoms with Crippen LogP contribution in [0.25, 0.3) is 5.65 Å². The van der Waals surface area contributed by atoms with Crippen molar-refractivity contribution in [2.75, 3.05) is 0 Å². The van der Waals surface area contributed by atoms with E-state index in [2.05, 4.69) is 4.98 Å². The number of alkyl halides is 3. The van der Waals surface area contributed by atoms with Crippen molar-refractivity contribution in [3.8, 4) is 0 Å². The van der Waals surface area contributed by atoms with Crippen molar-refractivity contribution in [3.63, 3.8) is 0 Å². The fraction of sp³-hybridized carbons (Fsp3) is 0.273. The van der Waals surface area contributed by atoms with Gasteiger partial charge in [-0.25, -0.2) is 9.78 Å². The lowest BCUT2D eigenvalue weighted by Gasteiger charge is -2.07. The van der Waals surface area contributed by atoms with E-state index in [1.165, 1.54) is 6.20 Å². The molecule has 2 heterocycles. The van der Waals surface area contributed by atoms with Crippen LogP contribution in [0.5, 0.6) is 0 Å². The molecule has 0 aromatic carbocycles. The molecule has 0 aliphatic carbocycles. The number of imidazole rings is 1. The topological polar surface area (TPSA) is 54.6 Å². The van der Waals surface area contributed by atoms with E-state index in [0.29, 0.717) is 0 Å². The van der Waals surface area contributed by atoms with Gasteiger partial charge in [0.05, 0.1) is 11.3 Å². The Morgan fingerprint density at radius 2 is 2.17 bits per heavy atom. The first-order valence-electron chi connectivity index (χ1n) is 5.16. The van der Waals surface area contributed by atoms with E-state index in [1.54, 1.807) is 6.92 Å². The summed E-state index contributed by atoms with van der Waals surface area (Å²) in [5.74, 6) is -1.29. The highest BCUT2D eigenvalue weighted by Gasteiger charge is 2.35. The second kappa shape index (κ2) is 4.01. The molecule has 0 spiro atoms. The SMILES string of the molecule is CCc1nc2c(C(F)(F)F)cccn2c1C(=O)O. The van der Waals surface area contributed by atoms with Crippen LogP contribution < -0.4 is 0 Å². The summed E-state index contributed by atoms with van der Waals surface area (Å²) >= 11 is 0. The van der Waals surface area contributed by atoms with Crippen LogP contribution in [0.15, 0.2) is 18.3 Å². The summed E-state index contributed by atoms with van der Waals surface area (Å²) in [6.45, 7) is 1.64. The average molecular weight is 258 g/mol. The Labute approximate surface area is 99.7 Å². The highest BCUT2D eigenvalue weighted by molar-refractivity contribution is 5.88. The molecule has 1 N–H and O–H groups in total. The summed E-state index contributed by atoms with van der Waals surface area (Å²) in [6, 6.07) is 2.04. The maximum Gasteiger partial charge on any atom is 0.419 e. The number of aryl methyl sites for hydroxylation is 1. The smallest absolute Gasteiger partial charge is 0.419 e. The monoisotopic (exact) mass is 258 g/mol. The van der Waals surface area contributed by atoms with Crippen LogP contribution in [-0.4, -0.2) is 20.5 Å². The van der Waals surface area contributed by atoms with Gasteiger partial charge in [-0.1, -0.05) is 6.92 Å². The highest BCUT2D eigenvalue weighted by Crippen LogP contribution is 2.32. The van der Waals surface area contributed by atoms with Crippen molar-refractivity contribution in [1.29, 1.82) is 0 Å². The zero-order valence-corrected chi connectivity index (χ0v) is 9.32. The molecule has 0 aliphatic heterocycles. The number of pyridine rings is 1. The molecule has 7 heteroatoms. The van der Waals surface area contributed by atoms with Gasteiger partial charge in [0.1, 0.15) is 5.65 Å². The maximum absolute atomic E-state index is 12.8. The lowest BCUT2D eigenvalue weighted by Crippen LogP contribution is -2.09. The Hall–Kier alpha value is -2.05. The summed E-state index contributed by atoms with van der Waals surface area (Å²) < 4.78 is 39.3. The first kappa shape index (κ1) is 12.4. The van der Waals surface area contributed by atoms with Gasteiger partial charge in [0, 0.05) is 6.20 Å². The van der Waals surface area contributed by atoms with Gasteiger partial charge in [-0.15, -0.1) is 0 Å². The molecule has 2 rings (SSSR count).